The molecule has 0 aromatic carbocycles. The van der Waals surface area contributed by atoms with Crippen LogP contribution in [0.5, 0.6) is 0 Å². The lowest BCUT2D eigenvalue weighted by Crippen LogP contribution is -2.81. The van der Waals surface area contributed by atoms with Crippen LogP contribution in [0.25, 0.3) is 16.6 Å². The van der Waals surface area contributed by atoms with Crippen LogP contribution in [-0.2, 0) is 0 Å². The van der Waals surface area contributed by atoms with E-state index in [-0.39, 0.29) is 6.10 Å². The fourth-order valence-corrected chi connectivity index (χ4v) is 3.21. The second-order valence-electron chi connectivity index (χ2n) is 6.30. The highest BCUT2D eigenvalue weighted by atomic mass is 35.5. The third kappa shape index (κ3) is 4.83. The second kappa shape index (κ2) is 8.49. The Morgan fingerprint density at radius 2 is 2.16 bits per heavy atom. The van der Waals surface area contributed by atoms with Gasteiger partial charge in [-0.3, -0.25) is 4.98 Å². The minimum Gasteiger partial charge on any atom is -0.386 e. The van der Waals surface area contributed by atoms with E-state index >= 15 is 0 Å². The van der Waals surface area contributed by atoms with Gasteiger partial charge in [-0.15, -0.1) is 0 Å². The number of nitrogens with one attached hydrogen (secondary N) is 1. The summed E-state index contributed by atoms with van der Waals surface area (Å²) in [6.45, 7) is 3.44. The molecule has 0 radical (unpaired) electrons. The molecule has 1 aliphatic heterocycles. The summed E-state index contributed by atoms with van der Waals surface area (Å²) in [6.07, 6.45) is 6.94. The maximum atomic E-state index is 10.1. The number of nitrogens with zero attached hydrogens (tertiary/aromatic N) is 3. The number of likely N-dealkylation sites (tertiary alicyclic amines) is 1. The van der Waals surface area contributed by atoms with E-state index in [4.69, 9.17) is 17.0 Å². The van der Waals surface area contributed by atoms with Crippen molar-refractivity contribution < 1.29 is 10.4 Å². The number of fused-ring (bicyclic) bond motifs is 1. The van der Waals surface area contributed by atoms with E-state index in [1.54, 1.807) is 12.3 Å². The molecule has 0 saturated carbocycles. The van der Waals surface area contributed by atoms with E-state index in [1.807, 2.05) is 23.6 Å². The Kier molecular flexibility index (Phi) is 6.09. The SMILES string of the molecule is N=C/C(=C\[NH2+]CC(O)CN1CCCC1)c1cnc2ccc(Cl)nc2c1. The number of aromatic nitrogens is 2. The molecule has 1 aliphatic rings. The topological polar surface area (TPSA) is 89.7 Å². The Morgan fingerprint density at radius 1 is 1.36 bits per heavy atom. The van der Waals surface area contributed by atoms with Crippen LogP contribution in [0.3, 0.4) is 0 Å². The number of β-amino-alcohol motifs (C(OH)–C–C–N with tert-alkyl or cyclic N) is 1. The van der Waals surface area contributed by atoms with E-state index in [0.717, 1.165) is 29.7 Å². The van der Waals surface area contributed by atoms with Crippen LogP contribution in [0.15, 0.2) is 30.6 Å². The molecule has 25 heavy (non-hydrogen) atoms. The van der Waals surface area contributed by atoms with Crippen molar-refractivity contribution in [1.29, 1.82) is 5.41 Å². The van der Waals surface area contributed by atoms with Gasteiger partial charge in [0.05, 0.1) is 16.6 Å². The number of hydrogen-bond donors (Lipinski definition) is 3. The summed E-state index contributed by atoms with van der Waals surface area (Å²) in [6, 6.07) is 5.40. The van der Waals surface area contributed by atoms with Crippen molar-refractivity contribution in [2.45, 2.75) is 18.9 Å². The molecule has 2 aromatic heterocycles. The summed E-state index contributed by atoms with van der Waals surface area (Å²) in [5.74, 6) is 0. The Bertz CT molecular complexity index is 773. The second-order valence-corrected chi connectivity index (χ2v) is 6.68. The summed E-state index contributed by atoms with van der Waals surface area (Å²) in [4.78, 5) is 10.9. The first-order valence-corrected chi connectivity index (χ1v) is 8.90. The van der Waals surface area contributed by atoms with Crippen molar-refractivity contribution >= 4 is 34.4 Å². The normalized spacial score (nSPS) is 17.1. The molecule has 1 atom stereocenters. The highest BCUT2D eigenvalue weighted by Crippen LogP contribution is 2.18. The smallest absolute Gasteiger partial charge is 0.129 e. The van der Waals surface area contributed by atoms with Gasteiger partial charge in [0.2, 0.25) is 0 Å². The van der Waals surface area contributed by atoms with Crippen LogP contribution in [0, 0.1) is 5.41 Å². The third-order valence-corrected chi connectivity index (χ3v) is 4.58. The van der Waals surface area contributed by atoms with E-state index in [2.05, 4.69) is 14.9 Å². The Morgan fingerprint density at radius 3 is 2.92 bits per heavy atom. The lowest BCUT2D eigenvalue weighted by molar-refractivity contribution is -0.594. The van der Waals surface area contributed by atoms with Crippen LogP contribution >= 0.6 is 11.6 Å². The highest BCUT2D eigenvalue weighted by Gasteiger charge is 2.16. The van der Waals surface area contributed by atoms with E-state index < -0.39 is 0 Å². The number of hydrogen-bond acceptors (Lipinski definition) is 5. The summed E-state index contributed by atoms with van der Waals surface area (Å²) < 4.78 is 0. The monoisotopic (exact) mass is 360 g/mol. The molecular weight excluding hydrogens is 338 g/mol. The van der Waals surface area contributed by atoms with Gasteiger partial charge in [-0.1, -0.05) is 11.6 Å². The highest BCUT2D eigenvalue weighted by molar-refractivity contribution is 6.29. The lowest BCUT2D eigenvalue weighted by atomic mass is 10.1. The molecule has 3 rings (SSSR count). The molecule has 2 aromatic rings. The molecule has 7 heteroatoms. The number of aliphatic hydroxyl groups excluding tert-OH is 1. The predicted octanol–water partition coefficient (Wildman–Crippen LogP) is 1.29. The average Bonchev–Trinajstić information content (AvgIpc) is 3.11. The van der Waals surface area contributed by atoms with Crippen molar-refractivity contribution in [1.82, 2.24) is 14.9 Å². The number of allylic oxidation sites excluding steroid dienone is 1. The number of halogens is 1. The first-order valence-electron chi connectivity index (χ1n) is 8.53. The van der Waals surface area contributed by atoms with Crippen LogP contribution < -0.4 is 5.32 Å². The van der Waals surface area contributed by atoms with Crippen molar-refractivity contribution in [3.05, 3.63) is 41.3 Å². The van der Waals surface area contributed by atoms with Gasteiger partial charge in [0.15, 0.2) is 0 Å². The van der Waals surface area contributed by atoms with Crippen LogP contribution in [0.4, 0.5) is 0 Å². The fourth-order valence-electron chi connectivity index (χ4n) is 3.06. The van der Waals surface area contributed by atoms with Crippen LogP contribution in [0.2, 0.25) is 5.15 Å². The molecule has 1 unspecified atom stereocenters. The maximum Gasteiger partial charge on any atom is 0.129 e. The predicted molar refractivity (Wildman–Crippen MR) is 99.8 cm³/mol. The zero-order valence-corrected chi connectivity index (χ0v) is 14.8. The molecule has 4 N–H and O–H groups in total. The van der Waals surface area contributed by atoms with Gasteiger partial charge in [0.25, 0.3) is 0 Å². The Balaban J connectivity index is 1.64. The summed E-state index contributed by atoms with van der Waals surface area (Å²) in [5.41, 5.74) is 3.00. The molecule has 0 bridgehead atoms. The first kappa shape index (κ1) is 17.9. The zero-order valence-electron chi connectivity index (χ0n) is 14.0. The van der Waals surface area contributed by atoms with Gasteiger partial charge in [0.1, 0.15) is 24.0 Å². The number of nitrogens with two attached hydrogens (primary N) is 1. The van der Waals surface area contributed by atoms with E-state index in [9.17, 15) is 5.11 Å². The maximum absolute atomic E-state index is 10.1. The molecule has 0 spiro atoms. The van der Waals surface area contributed by atoms with E-state index in [0.29, 0.717) is 23.8 Å². The standard InChI is InChI=1S/C18H22ClN5O/c19-18-4-3-16-17(23-18)7-13(10-22-16)14(8-20)9-21-11-15(25)12-24-5-1-2-6-24/h3-4,7-10,15,20-21,25H,1-2,5-6,11-12H2/p+1/b14-9+,20-8?. The summed E-state index contributed by atoms with van der Waals surface area (Å²) in [7, 11) is 0. The fraction of sp³-hybridized carbons (Fsp3) is 0.389. The van der Waals surface area contributed by atoms with Gasteiger partial charge in [-0.2, -0.15) is 0 Å². The van der Waals surface area contributed by atoms with Crippen molar-refractivity contribution in [3.63, 3.8) is 0 Å². The molecule has 1 fully saturated rings. The molecule has 3 heterocycles. The lowest BCUT2D eigenvalue weighted by Gasteiger charge is -2.17. The average molecular weight is 361 g/mol. The number of aliphatic hydroxyl groups is 1. The van der Waals surface area contributed by atoms with Gasteiger partial charge in [0, 0.05) is 24.5 Å². The largest absolute Gasteiger partial charge is 0.386 e. The Hall–Kier alpha value is -1.86. The molecule has 0 amide bonds. The first-order chi connectivity index (χ1) is 12.2. The summed E-state index contributed by atoms with van der Waals surface area (Å²) >= 11 is 5.94. The van der Waals surface area contributed by atoms with Crippen molar-refractivity contribution in [3.8, 4) is 0 Å². The summed E-state index contributed by atoms with van der Waals surface area (Å²) in [5, 5.41) is 20.1. The van der Waals surface area contributed by atoms with Crippen LogP contribution in [-0.4, -0.2) is 58.5 Å². The van der Waals surface area contributed by atoms with Gasteiger partial charge < -0.3 is 20.7 Å². The van der Waals surface area contributed by atoms with Crippen molar-refractivity contribution in [2.75, 3.05) is 26.2 Å². The molecule has 6 nitrogen and oxygen atoms in total. The molecule has 132 valence electrons. The Labute approximate surface area is 152 Å². The van der Waals surface area contributed by atoms with Crippen LogP contribution in [0.1, 0.15) is 18.4 Å². The molecular formula is C18H23ClN5O+. The van der Waals surface area contributed by atoms with Gasteiger partial charge >= 0.3 is 0 Å². The quantitative estimate of drug-likeness (QED) is 0.512. The van der Waals surface area contributed by atoms with E-state index in [1.165, 1.54) is 19.1 Å². The van der Waals surface area contributed by atoms with Gasteiger partial charge in [-0.05, 0) is 44.1 Å². The number of rotatable bonds is 7. The minimum absolute atomic E-state index is 0.378. The van der Waals surface area contributed by atoms with Crippen molar-refractivity contribution in [2.24, 2.45) is 0 Å². The third-order valence-electron chi connectivity index (χ3n) is 4.37. The molecule has 1 saturated heterocycles. The van der Waals surface area contributed by atoms with Gasteiger partial charge in [-0.25, -0.2) is 4.98 Å². The molecule has 0 aliphatic carbocycles. The minimum atomic E-state index is -0.378. The number of quaternary nitrogens is 1. The number of pyridine rings is 2. The zero-order chi connectivity index (χ0) is 17.6.